The fourth-order valence-electron chi connectivity index (χ4n) is 1.42. The predicted octanol–water partition coefficient (Wildman–Crippen LogP) is 2.72. The van der Waals surface area contributed by atoms with E-state index in [-0.39, 0.29) is 11.3 Å². The summed E-state index contributed by atoms with van der Waals surface area (Å²) < 4.78 is 38.4. The van der Waals surface area contributed by atoms with Crippen molar-refractivity contribution in [2.75, 3.05) is 5.32 Å². The minimum absolute atomic E-state index is 0.254. The second kappa shape index (κ2) is 4.99. The molecule has 1 aromatic rings. The van der Waals surface area contributed by atoms with Gasteiger partial charge in [0.2, 0.25) is 5.54 Å². The number of aliphatic carboxylic acids is 1. The fourth-order valence-corrected chi connectivity index (χ4v) is 1.42. The average molecular weight is 292 g/mol. The zero-order valence-corrected chi connectivity index (χ0v) is 10.5. The zero-order chi connectivity index (χ0) is 15.7. The first kappa shape index (κ1) is 15.7. The third-order valence-electron chi connectivity index (χ3n) is 2.79. The molecule has 0 aliphatic carbocycles. The van der Waals surface area contributed by atoms with Crippen LogP contribution >= 0.6 is 0 Å². The van der Waals surface area contributed by atoms with E-state index in [0.717, 1.165) is 12.1 Å². The smallest absolute Gasteiger partial charge is 0.422 e. The highest BCUT2D eigenvalue weighted by Crippen LogP contribution is 2.34. The minimum Gasteiger partial charge on any atom is -0.479 e. The summed E-state index contributed by atoms with van der Waals surface area (Å²) in [6.07, 6.45) is -5.07. The molecule has 0 amide bonds. The van der Waals surface area contributed by atoms with Crippen LogP contribution in [0.2, 0.25) is 0 Å². The van der Waals surface area contributed by atoms with Gasteiger partial charge in [-0.05, 0) is 19.9 Å². The number of aryl methyl sites for hydroxylation is 1. The van der Waals surface area contributed by atoms with Gasteiger partial charge in [0.15, 0.2) is 0 Å². The average Bonchev–Trinajstić information content (AvgIpc) is 2.29. The maximum absolute atomic E-state index is 12.8. The maximum Gasteiger partial charge on any atom is 0.422 e. The number of carbonyl (C=O) groups is 1. The number of halogens is 3. The Kier molecular flexibility index (Phi) is 3.92. The Morgan fingerprint density at radius 2 is 1.95 bits per heavy atom. The van der Waals surface area contributed by atoms with E-state index >= 15 is 0 Å². The van der Waals surface area contributed by atoms with Gasteiger partial charge in [-0.2, -0.15) is 13.2 Å². The highest BCUT2D eigenvalue weighted by atomic mass is 19.4. The van der Waals surface area contributed by atoms with Crippen molar-refractivity contribution >= 4 is 17.3 Å². The van der Waals surface area contributed by atoms with Gasteiger partial charge in [-0.15, -0.1) is 0 Å². The van der Waals surface area contributed by atoms with Gasteiger partial charge in [-0.25, -0.2) is 4.79 Å². The number of carboxylic acid groups (broad SMARTS) is 1. The number of benzene rings is 1. The molecule has 0 heterocycles. The molecule has 0 radical (unpaired) electrons. The number of carboxylic acids is 1. The van der Waals surface area contributed by atoms with Crippen LogP contribution in [0.5, 0.6) is 0 Å². The molecule has 0 bridgehead atoms. The van der Waals surface area contributed by atoms with Gasteiger partial charge in [-0.3, -0.25) is 10.1 Å². The van der Waals surface area contributed by atoms with Crippen molar-refractivity contribution in [1.29, 1.82) is 0 Å². The minimum atomic E-state index is -5.07. The van der Waals surface area contributed by atoms with E-state index in [1.807, 2.05) is 0 Å². The van der Waals surface area contributed by atoms with Crippen LogP contribution in [0, 0.1) is 17.0 Å². The molecule has 0 saturated carbocycles. The number of rotatable bonds is 4. The number of nitrogens with one attached hydrogen (secondary N) is 1. The number of nitro groups is 1. The van der Waals surface area contributed by atoms with Crippen LogP contribution in [-0.2, 0) is 4.79 Å². The molecule has 110 valence electrons. The number of alkyl halides is 3. The van der Waals surface area contributed by atoms with Crippen molar-refractivity contribution in [3.05, 3.63) is 33.9 Å². The number of nitrogens with zero attached hydrogens (tertiary/aromatic N) is 1. The quantitative estimate of drug-likeness (QED) is 0.657. The molecule has 6 nitrogen and oxygen atoms in total. The van der Waals surface area contributed by atoms with Crippen LogP contribution in [0.4, 0.5) is 24.5 Å². The van der Waals surface area contributed by atoms with Crippen LogP contribution in [-0.4, -0.2) is 27.7 Å². The van der Waals surface area contributed by atoms with Crippen LogP contribution in [0.1, 0.15) is 12.5 Å². The SMILES string of the molecule is Cc1ccc(NC(C)(C(=O)O)C(F)(F)F)cc1[N+](=O)[O-]. The Labute approximate surface area is 111 Å². The Balaban J connectivity index is 3.23. The van der Waals surface area contributed by atoms with Crippen molar-refractivity contribution in [2.45, 2.75) is 25.6 Å². The Morgan fingerprint density at radius 3 is 2.35 bits per heavy atom. The van der Waals surface area contributed by atoms with E-state index in [2.05, 4.69) is 0 Å². The van der Waals surface area contributed by atoms with Crippen molar-refractivity contribution in [3.63, 3.8) is 0 Å². The second-order valence-corrected chi connectivity index (χ2v) is 4.31. The van der Waals surface area contributed by atoms with E-state index in [1.54, 1.807) is 5.32 Å². The van der Waals surface area contributed by atoms with E-state index in [9.17, 15) is 28.1 Å². The lowest BCUT2D eigenvalue weighted by Gasteiger charge is -2.29. The molecule has 2 N–H and O–H groups in total. The van der Waals surface area contributed by atoms with Crippen LogP contribution in [0.25, 0.3) is 0 Å². The lowest BCUT2D eigenvalue weighted by Crippen LogP contribution is -2.55. The van der Waals surface area contributed by atoms with Crippen molar-refractivity contribution in [3.8, 4) is 0 Å². The van der Waals surface area contributed by atoms with Gasteiger partial charge in [-0.1, -0.05) is 6.07 Å². The highest BCUT2D eigenvalue weighted by Gasteiger charge is 2.57. The largest absolute Gasteiger partial charge is 0.479 e. The molecular formula is C11H11F3N2O4. The summed E-state index contributed by atoms with van der Waals surface area (Å²) in [6.45, 7) is 1.86. The molecule has 1 rings (SSSR count). The van der Waals surface area contributed by atoms with Gasteiger partial charge in [0, 0.05) is 17.3 Å². The monoisotopic (exact) mass is 292 g/mol. The van der Waals surface area contributed by atoms with E-state index in [0.29, 0.717) is 6.92 Å². The molecule has 1 unspecified atom stereocenters. The molecule has 0 aliphatic rings. The summed E-state index contributed by atoms with van der Waals surface area (Å²) in [7, 11) is 0. The van der Waals surface area contributed by atoms with Gasteiger partial charge < -0.3 is 10.4 Å². The Hall–Kier alpha value is -2.32. The van der Waals surface area contributed by atoms with Gasteiger partial charge in [0.1, 0.15) is 0 Å². The summed E-state index contributed by atoms with van der Waals surface area (Å²) in [4.78, 5) is 20.8. The molecule has 20 heavy (non-hydrogen) atoms. The number of hydrogen-bond donors (Lipinski definition) is 2. The van der Waals surface area contributed by atoms with Gasteiger partial charge >= 0.3 is 12.1 Å². The van der Waals surface area contributed by atoms with E-state index in [1.165, 1.54) is 13.0 Å². The lowest BCUT2D eigenvalue weighted by atomic mass is 10.0. The van der Waals surface area contributed by atoms with Crippen molar-refractivity contribution in [1.82, 2.24) is 0 Å². The Bertz CT molecular complexity index is 559. The van der Waals surface area contributed by atoms with E-state index in [4.69, 9.17) is 5.11 Å². The van der Waals surface area contributed by atoms with Crippen LogP contribution < -0.4 is 5.32 Å². The molecular weight excluding hydrogens is 281 g/mol. The Morgan fingerprint density at radius 1 is 1.40 bits per heavy atom. The summed E-state index contributed by atoms with van der Waals surface area (Å²) in [5, 5.41) is 21.2. The summed E-state index contributed by atoms with van der Waals surface area (Å²) in [5.41, 5.74) is -3.69. The van der Waals surface area contributed by atoms with Crippen LogP contribution in [0.15, 0.2) is 18.2 Å². The van der Waals surface area contributed by atoms with E-state index < -0.39 is 28.3 Å². The highest BCUT2D eigenvalue weighted by molar-refractivity contribution is 5.83. The summed E-state index contributed by atoms with van der Waals surface area (Å²) in [5.74, 6) is -2.13. The fraction of sp³-hybridized carbons (Fsp3) is 0.364. The first-order valence-electron chi connectivity index (χ1n) is 5.32. The first-order chi connectivity index (χ1) is 8.99. The lowest BCUT2D eigenvalue weighted by molar-refractivity contribution is -0.385. The normalized spacial score (nSPS) is 14.4. The molecule has 1 aromatic carbocycles. The summed E-state index contributed by atoms with van der Waals surface area (Å²) in [6, 6.07) is 3.25. The molecule has 0 fully saturated rings. The molecule has 9 heteroatoms. The van der Waals surface area contributed by atoms with Gasteiger partial charge in [0.05, 0.1) is 4.92 Å². The van der Waals surface area contributed by atoms with Crippen LogP contribution in [0.3, 0.4) is 0 Å². The number of nitro benzene ring substituents is 1. The standard InChI is InChI=1S/C11H11F3N2O4/c1-6-3-4-7(5-8(6)16(19)20)15-10(2,9(17)18)11(12,13)14/h3-5,15H,1-2H3,(H,17,18). The maximum atomic E-state index is 12.8. The molecule has 0 aromatic heterocycles. The number of anilines is 1. The topological polar surface area (TPSA) is 92.5 Å². The second-order valence-electron chi connectivity index (χ2n) is 4.31. The molecule has 0 spiro atoms. The predicted molar refractivity (Wildman–Crippen MR) is 63.6 cm³/mol. The molecule has 0 aliphatic heterocycles. The van der Waals surface area contributed by atoms with Crippen molar-refractivity contribution in [2.24, 2.45) is 0 Å². The third kappa shape index (κ3) is 2.81. The zero-order valence-electron chi connectivity index (χ0n) is 10.5. The molecule has 0 saturated heterocycles. The van der Waals surface area contributed by atoms with Crippen molar-refractivity contribution < 1.29 is 28.0 Å². The molecule has 1 atom stereocenters. The summed E-state index contributed by atoms with van der Waals surface area (Å²) >= 11 is 0. The first-order valence-corrected chi connectivity index (χ1v) is 5.32. The van der Waals surface area contributed by atoms with Gasteiger partial charge in [0.25, 0.3) is 5.69 Å². The third-order valence-corrected chi connectivity index (χ3v) is 2.79. The number of hydrogen-bond acceptors (Lipinski definition) is 4.